The van der Waals surface area contributed by atoms with E-state index in [4.69, 9.17) is 4.74 Å². The van der Waals surface area contributed by atoms with Crippen molar-refractivity contribution in [2.24, 2.45) is 5.92 Å². The van der Waals surface area contributed by atoms with E-state index in [-0.39, 0.29) is 0 Å². The summed E-state index contributed by atoms with van der Waals surface area (Å²) in [5, 5.41) is 3.54. The Labute approximate surface area is 121 Å². The van der Waals surface area contributed by atoms with E-state index < -0.39 is 0 Å². The van der Waals surface area contributed by atoms with E-state index in [9.17, 15) is 0 Å². The van der Waals surface area contributed by atoms with Gasteiger partial charge in [-0.1, -0.05) is 44.5 Å². The van der Waals surface area contributed by atoms with E-state index in [0.29, 0.717) is 12.0 Å². The third-order valence-electron chi connectivity index (χ3n) is 3.70. The fourth-order valence-corrected chi connectivity index (χ4v) is 2.03. The molecule has 0 amide bonds. The quantitative estimate of drug-likeness (QED) is 0.765. The molecular weight excluding hydrogens is 246 g/mol. The molecule has 2 unspecified atom stereocenters. The van der Waals surface area contributed by atoms with Gasteiger partial charge in [-0.25, -0.2) is 0 Å². The SMILES string of the molecule is CCC(C)C(C)Nc1cccc(Oc2ccccc2)c1. The van der Waals surface area contributed by atoms with Crippen molar-refractivity contribution in [3.05, 3.63) is 54.6 Å². The summed E-state index contributed by atoms with van der Waals surface area (Å²) in [6.07, 6.45) is 1.17. The Kier molecular flexibility index (Phi) is 5.05. The fourth-order valence-electron chi connectivity index (χ4n) is 2.03. The first-order valence-corrected chi connectivity index (χ1v) is 7.28. The van der Waals surface area contributed by atoms with Crippen LogP contribution in [0.15, 0.2) is 54.6 Å². The van der Waals surface area contributed by atoms with Crippen LogP contribution in [0.5, 0.6) is 11.5 Å². The predicted octanol–water partition coefficient (Wildman–Crippen LogP) is 5.33. The minimum atomic E-state index is 0.451. The summed E-state index contributed by atoms with van der Waals surface area (Å²) in [6, 6.07) is 18.4. The Morgan fingerprint density at radius 3 is 2.35 bits per heavy atom. The molecule has 0 saturated carbocycles. The molecule has 0 radical (unpaired) electrons. The van der Waals surface area contributed by atoms with Crippen LogP contribution in [0, 0.1) is 5.92 Å². The Balaban J connectivity index is 2.04. The molecule has 0 spiro atoms. The molecule has 20 heavy (non-hydrogen) atoms. The van der Waals surface area contributed by atoms with Crippen LogP contribution in [0.2, 0.25) is 0 Å². The maximum Gasteiger partial charge on any atom is 0.129 e. The maximum atomic E-state index is 5.85. The summed E-state index contributed by atoms with van der Waals surface area (Å²) in [7, 11) is 0. The molecule has 2 aromatic carbocycles. The van der Waals surface area contributed by atoms with Gasteiger partial charge in [-0.05, 0) is 37.1 Å². The van der Waals surface area contributed by atoms with Crippen LogP contribution in [0.4, 0.5) is 5.69 Å². The van der Waals surface area contributed by atoms with Gasteiger partial charge in [0.25, 0.3) is 0 Å². The number of ether oxygens (including phenoxy) is 1. The highest BCUT2D eigenvalue weighted by Gasteiger charge is 2.09. The molecular formula is C18H23NO. The van der Waals surface area contributed by atoms with Gasteiger partial charge in [-0.15, -0.1) is 0 Å². The number of anilines is 1. The third kappa shape index (κ3) is 4.02. The normalized spacial score (nSPS) is 13.6. The lowest BCUT2D eigenvalue weighted by atomic mass is 10.0. The van der Waals surface area contributed by atoms with E-state index in [1.165, 1.54) is 6.42 Å². The standard InChI is InChI=1S/C18H23NO/c1-4-14(2)15(3)19-16-9-8-12-18(13-16)20-17-10-6-5-7-11-17/h5-15,19H,4H2,1-3H3. The van der Waals surface area contributed by atoms with E-state index in [1.807, 2.05) is 48.5 Å². The second-order valence-electron chi connectivity index (χ2n) is 5.26. The first kappa shape index (κ1) is 14.4. The molecule has 0 aliphatic carbocycles. The highest BCUT2D eigenvalue weighted by molar-refractivity contribution is 5.49. The average Bonchev–Trinajstić information content (AvgIpc) is 2.47. The summed E-state index contributed by atoms with van der Waals surface area (Å²) in [5.74, 6) is 2.37. The summed E-state index contributed by atoms with van der Waals surface area (Å²) < 4.78 is 5.85. The van der Waals surface area contributed by atoms with Gasteiger partial charge in [0.1, 0.15) is 11.5 Å². The third-order valence-corrected chi connectivity index (χ3v) is 3.70. The molecule has 0 aromatic heterocycles. The van der Waals surface area contributed by atoms with Crippen LogP contribution in [0.1, 0.15) is 27.2 Å². The number of nitrogens with one attached hydrogen (secondary N) is 1. The Bertz CT molecular complexity index is 524. The van der Waals surface area contributed by atoms with Crippen molar-refractivity contribution in [2.75, 3.05) is 5.32 Å². The average molecular weight is 269 g/mol. The number of hydrogen-bond donors (Lipinski definition) is 1. The van der Waals surface area contributed by atoms with Crippen molar-refractivity contribution < 1.29 is 4.74 Å². The molecule has 0 heterocycles. The molecule has 2 heteroatoms. The van der Waals surface area contributed by atoms with Crippen LogP contribution in [-0.4, -0.2) is 6.04 Å². The van der Waals surface area contributed by atoms with Gasteiger partial charge in [-0.3, -0.25) is 0 Å². The molecule has 2 atom stereocenters. The number of para-hydroxylation sites is 1. The highest BCUT2D eigenvalue weighted by atomic mass is 16.5. The topological polar surface area (TPSA) is 21.3 Å². The Morgan fingerprint density at radius 2 is 1.65 bits per heavy atom. The van der Waals surface area contributed by atoms with E-state index in [1.54, 1.807) is 0 Å². The lowest BCUT2D eigenvalue weighted by Crippen LogP contribution is -2.23. The van der Waals surface area contributed by atoms with Gasteiger partial charge in [0.15, 0.2) is 0 Å². The van der Waals surface area contributed by atoms with Gasteiger partial charge < -0.3 is 10.1 Å². The second kappa shape index (κ2) is 6.99. The van der Waals surface area contributed by atoms with Crippen molar-refractivity contribution in [1.82, 2.24) is 0 Å². The van der Waals surface area contributed by atoms with Gasteiger partial charge >= 0.3 is 0 Å². The molecule has 1 N–H and O–H groups in total. The van der Waals surface area contributed by atoms with E-state index in [2.05, 4.69) is 32.2 Å². The number of rotatable bonds is 6. The Morgan fingerprint density at radius 1 is 0.950 bits per heavy atom. The predicted molar refractivity (Wildman–Crippen MR) is 85.5 cm³/mol. The lowest BCUT2D eigenvalue weighted by molar-refractivity contribution is 0.481. The zero-order valence-corrected chi connectivity index (χ0v) is 12.5. The second-order valence-corrected chi connectivity index (χ2v) is 5.26. The largest absolute Gasteiger partial charge is 0.457 e. The molecule has 106 valence electrons. The first-order valence-electron chi connectivity index (χ1n) is 7.28. The zero-order valence-electron chi connectivity index (χ0n) is 12.5. The smallest absolute Gasteiger partial charge is 0.129 e. The molecule has 2 aromatic rings. The molecule has 0 fully saturated rings. The molecule has 2 rings (SSSR count). The van der Waals surface area contributed by atoms with E-state index in [0.717, 1.165) is 17.2 Å². The zero-order chi connectivity index (χ0) is 14.4. The summed E-state index contributed by atoms with van der Waals surface area (Å²) in [5.41, 5.74) is 1.10. The number of hydrogen-bond acceptors (Lipinski definition) is 2. The van der Waals surface area contributed by atoms with Crippen molar-refractivity contribution in [1.29, 1.82) is 0 Å². The monoisotopic (exact) mass is 269 g/mol. The van der Waals surface area contributed by atoms with Gasteiger partial charge in [0, 0.05) is 17.8 Å². The highest BCUT2D eigenvalue weighted by Crippen LogP contribution is 2.25. The molecule has 0 bridgehead atoms. The molecule has 0 aliphatic rings. The summed E-state index contributed by atoms with van der Waals surface area (Å²) in [4.78, 5) is 0. The van der Waals surface area contributed by atoms with Crippen LogP contribution < -0.4 is 10.1 Å². The van der Waals surface area contributed by atoms with Gasteiger partial charge in [0.05, 0.1) is 0 Å². The molecule has 0 aliphatic heterocycles. The van der Waals surface area contributed by atoms with Crippen LogP contribution in [-0.2, 0) is 0 Å². The Hall–Kier alpha value is -1.96. The lowest BCUT2D eigenvalue weighted by Gasteiger charge is -2.21. The minimum Gasteiger partial charge on any atom is -0.457 e. The fraction of sp³-hybridized carbons (Fsp3) is 0.333. The van der Waals surface area contributed by atoms with Crippen LogP contribution in [0.25, 0.3) is 0 Å². The minimum absolute atomic E-state index is 0.451. The summed E-state index contributed by atoms with van der Waals surface area (Å²) >= 11 is 0. The van der Waals surface area contributed by atoms with Gasteiger partial charge in [0.2, 0.25) is 0 Å². The summed E-state index contributed by atoms with van der Waals surface area (Å²) in [6.45, 7) is 6.71. The first-order chi connectivity index (χ1) is 9.69. The van der Waals surface area contributed by atoms with Crippen molar-refractivity contribution in [3.8, 4) is 11.5 Å². The maximum absolute atomic E-state index is 5.85. The van der Waals surface area contributed by atoms with Crippen LogP contribution >= 0.6 is 0 Å². The van der Waals surface area contributed by atoms with Crippen LogP contribution in [0.3, 0.4) is 0 Å². The number of benzene rings is 2. The van der Waals surface area contributed by atoms with Crippen molar-refractivity contribution in [2.45, 2.75) is 33.2 Å². The molecule has 2 nitrogen and oxygen atoms in total. The molecule has 0 saturated heterocycles. The van der Waals surface area contributed by atoms with E-state index >= 15 is 0 Å². The van der Waals surface area contributed by atoms with Gasteiger partial charge in [-0.2, -0.15) is 0 Å². The van der Waals surface area contributed by atoms with Crippen molar-refractivity contribution in [3.63, 3.8) is 0 Å². The van der Waals surface area contributed by atoms with Crippen molar-refractivity contribution >= 4 is 5.69 Å².